The van der Waals surface area contributed by atoms with E-state index in [0.717, 1.165) is 22.3 Å². The van der Waals surface area contributed by atoms with Crippen LogP contribution in [0.1, 0.15) is 28.4 Å². The first-order valence-electron chi connectivity index (χ1n) is 9.42. The number of rotatable bonds is 3. The number of nitrogens with zero attached hydrogens (tertiary/aromatic N) is 2. The van der Waals surface area contributed by atoms with Crippen molar-refractivity contribution in [3.8, 4) is 17.4 Å². The van der Waals surface area contributed by atoms with Gasteiger partial charge in [-0.15, -0.1) is 0 Å². The lowest BCUT2D eigenvalue weighted by molar-refractivity contribution is -0.136. The molecule has 5 nitrogen and oxygen atoms in total. The summed E-state index contributed by atoms with van der Waals surface area (Å²) >= 11 is 0. The monoisotopic (exact) mass is 424 g/mol. The molecular formula is C23H15F3N2O3. The first kappa shape index (κ1) is 19.3. The Morgan fingerprint density at radius 2 is 1.84 bits per heavy atom. The van der Waals surface area contributed by atoms with Crippen LogP contribution in [0.4, 0.5) is 18.9 Å². The van der Waals surface area contributed by atoms with Crippen LogP contribution in [-0.4, -0.2) is 14.8 Å². The molecule has 2 aliphatic rings. The van der Waals surface area contributed by atoms with Crippen LogP contribution < -0.4 is 0 Å². The normalized spacial score (nSPS) is 21.3. The van der Waals surface area contributed by atoms with Crippen molar-refractivity contribution in [2.45, 2.75) is 24.3 Å². The summed E-state index contributed by atoms with van der Waals surface area (Å²) < 4.78 is 47.3. The standard InChI is InChI=1S/C23H15F3N2O3/c1-27-16-8-7-14(11-15(16)23(24,25)26)28-20(29)18-17-9-10-22(31-17,19(18)21(28)30)12-13-5-3-2-4-6-13/h2-11,17,29-30H,12H2. The molecule has 2 unspecified atom stereocenters. The molecule has 2 atom stereocenters. The number of ether oxygens (including phenoxy) is 1. The third-order valence-corrected chi connectivity index (χ3v) is 5.72. The van der Waals surface area contributed by atoms with E-state index in [9.17, 15) is 23.4 Å². The van der Waals surface area contributed by atoms with Crippen LogP contribution in [0.2, 0.25) is 0 Å². The predicted octanol–water partition coefficient (Wildman–Crippen LogP) is 5.54. The lowest BCUT2D eigenvalue weighted by atomic mass is 9.85. The van der Waals surface area contributed by atoms with Crippen molar-refractivity contribution in [3.63, 3.8) is 0 Å². The van der Waals surface area contributed by atoms with Gasteiger partial charge in [0.2, 0.25) is 11.8 Å². The summed E-state index contributed by atoms with van der Waals surface area (Å²) in [4.78, 5) is 2.92. The molecule has 0 saturated carbocycles. The van der Waals surface area contributed by atoms with Crippen LogP contribution in [-0.2, 0) is 22.9 Å². The van der Waals surface area contributed by atoms with Crippen molar-refractivity contribution in [2.24, 2.45) is 0 Å². The number of aromatic nitrogens is 1. The van der Waals surface area contributed by atoms with E-state index in [-0.39, 0.29) is 17.4 Å². The minimum absolute atomic E-state index is 0.0987. The maximum Gasteiger partial charge on any atom is 0.407 e. The van der Waals surface area contributed by atoms with Crippen molar-refractivity contribution < 1.29 is 28.1 Å². The zero-order valence-electron chi connectivity index (χ0n) is 15.9. The summed E-state index contributed by atoms with van der Waals surface area (Å²) in [6, 6.07) is 12.5. The molecule has 0 amide bonds. The van der Waals surface area contributed by atoms with Gasteiger partial charge in [0.1, 0.15) is 11.7 Å². The molecule has 2 N–H and O–H groups in total. The molecule has 0 fully saturated rings. The highest BCUT2D eigenvalue weighted by Gasteiger charge is 2.53. The molecule has 5 rings (SSSR count). The van der Waals surface area contributed by atoms with Gasteiger partial charge in [0.15, 0.2) is 5.69 Å². The molecule has 2 aliphatic heterocycles. The number of hydrogen-bond acceptors (Lipinski definition) is 3. The van der Waals surface area contributed by atoms with Crippen LogP contribution in [0.25, 0.3) is 10.5 Å². The topological polar surface area (TPSA) is 59.0 Å². The van der Waals surface area contributed by atoms with Crippen LogP contribution in [0.3, 0.4) is 0 Å². The Bertz CT molecular complexity index is 1270. The molecule has 0 saturated heterocycles. The highest BCUT2D eigenvalue weighted by Crippen LogP contribution is 2.59. The maximum absolute atomic E-state index is 13.4. The zero-order valence-corrected chi connectivity index (χ0v) is 15.9. The summed E-state index contributed by atoms with van der Waals surface area (Å²) in [5, 5.41) is 21.9. The van der Waals surface area contributed by atoms with E-state index < -0.39 is 29.1 Å². The summed E-state index contributed by atoms with van der Waals surface area (Å²) in [5.74, 6) is -0.778. The van der Waals surface area contributed by atoms with Crippen molar-refractivity contribution in [2.75, 3.05) is 0 Å². The molecule has 0 aliphatic carbocycles. The van der Waals surface area contributed by atoms with Gasteiger partial charge in [0, 0.05) is 6.42 Å². The largest absolute Gasteiger partial charge is 0.494 e. The lowest BCUT2D eigenvalue weighted by Crippen LogP contribution is -2.24. The second-order valence-electron chi connectivity index (χ2n) is 7.53. The maximum atomic E-state index is 13.4. The van der Waals surface area contributed by atoms with Crippen molar-refractivity contribution >= 4 is 5.69 Å². The predicted molar refractivity (Wildman–Crippen MR) is 105 cm³/mol. The Labute approximate surface area is 175 Å². The van der Waals surface area contributed by atoms with E-state index in [0.29, 0.717) is 17.5 Å². The molecule has 1 aromatic heterocycles. The Morgan fingerprint density at radius 3 is 2.52 bits per heavy atom. The molecule has 0 radical (unpaired) electrons. The van der Waals surface area contributed by atoms with Crippen molar-refractivity contribution in [1.29, 1.82) is 0 Å². The van der Waals surface area contributed by atoms with Gasteiger partial charge < -0.3 is 14.9 Å². The minimum atomic E-state index is -4.75. The number of alkyl halides is 3. The molecule has 2 aromatic carbocycles. The summed E-state index contributed by atoms with van der Waals surface area (Å²) in [6.45, 7) is 6.99. The van der Waals surface area contributed by atoms with E-state index in [1.807, 2.05) is 30.3 Å². The van der Waals surface area contributed by atoms with Gasteiger partial charge in [-0.25, -0.2) is 4.85 Å². The Kier molecular flexibility index (Phi) is 3.98. The molecule has 3 aromatic rings. The number of benzene rings is 2. The third kappa shape index (κ3) is 2.74. The van der Waals surface area contributed by atoms with Crippen LogP contribution in [0, 0.1) is 6.57 Å². The minimum Gasteiger partial charge on any atom is -0.494 e. The fourth-order valence-electron chi connectivity index (χ4n) is 4.42. The number of halogens is 3. The first-order valence-corrected chi connectivity index (χ1v) is 9.42. The van der Waals surface area contributed by atoms with Crippen LogP contribution in [0.15, 0.2) is 60.7 Å². The highest BCUT2D eigenvalue weighted by atomic mass is 19.4. The van der Waals surface area contributed by atoms with Crippen LogP contribution >= 0.6 is 0 Å². The van der Waals surface area contributed by atoms with Crippen molar-refractivity contribution in [3.05, 3.63) is 94.4 Å². The van der Waals surface area contributed by atoms with Gasteiger partial charge in [-0.3, -0.25) is 4.57 Å². The smallest absolute Gasteiger partial charge is 0.407 e. The van der Waals surface area contributed by atoms with Gasteiger partial charge in [0.25, 0.3) is 0 Å². The molecule has 0 spiro atoms. The molecule has 2 bridgehead atoms. The summed E-state index contributed by atoms with van der Waals surface area (Å²) in [5.41, 5.74) is -1.21. The third-order valence-electron chi connectivity index (χ3n) is 5.72. The average molecular weight is 424 g/mol. The molecule has 31 heavy (non-hydrogen) atoms. The summed E-state index contributed by atoms with van der Waals surface area (Å²) in [6.07, 6.45) is -1.42. The Balaban J connectivity index is 1.66. The average Bonchev–Trinajstić information content (AvgIpc) is 3.37. The first-order chi connectivity index (χ1) is 14.7. The zero-order chi connectivity index (χ0) is 22.0. The van der Waals surface area contributed by atoms with Gasteiger partial charge >= 0.3 is 6.18 Å². The number of fused-ring (bicyclic) bond motifs is 5. The lowest BCUT2D eigenvalue weighted by Gasteiger charge is -2.24. The van der Waals surface area contributed by atoms with Gasteiger partial charge in [-0.1, -0.05) is 42.5 Å². The molecule has 156 valence electrons. The van der Waals surface area contributed by atoms with E-state index in [2.05, 4.69) is 4.85 Å². The molecule has 8 heteroatoms. The van der Waals surface area contributed by atoms with Crippen LogP contribution in [0.5, 0.6) is 11.8 Å². The number of aromatic hydroxyl groups is 2. The van der Waals surface area contributed by atoms with E-state index >= 15 is 0 Å². The summed E-state index contributed by atoms with van der Waals surface area (Å²) in [7, 11) is 0. The highest BCUT2D eigenvalue weighted by molar-refractivity contribution is 5.65. The fourth-order valence-corrected chi connectivity index (χ4v) is 4.42. The second kappa shape index (κ2) is 6.40. The number of hydrogen-bond donors (Lipinski definition) is 2. The second-order valence-corrected chi connectivity index (χ2v) is 7.53. The Morgan fingerprint density at radius 1 is 1.10 bits per heavy atom. The quantitative estimate of drug-likeness (QED) is 0.429. The SMILES string of the molecule is [C-]#[N+]c1ccc(-n2c(O)c3c(c2O)C2(Cc4ccccc4)C=CC3O2)cc1C(F)(F)F. The Hall–Kier alpha value is -3.70. The van der Waals surface area contributed by atoms with E-state index in [1.165, 1.54) is 6.07 Å². The van der Waals surface area contributed by atoms with E-state index in [1.54, 1.807) is 12.2 Å². The van der Waals surface area contributed by atoms with Gasteiger partial charge in [-0.05, 0) is 23.8 Å². The van der Waals surface area contributed by atoms with Gasteiger partial charge in [-0.2, -0.15) is 13.2 Å². The molecule has 3 heterocycles. The fraction of sp³-hybridized carbons (Fsp3) is 0.174. The van der Waals surface area contributed by atoms with E-state index in [4.69, 9.17) is 11.3 Å². The van der Waals surface area contributed by atoms with Gasteiger partial charge in [0.05, 0.1) is 28.9 Å². The van der Waals surface area contributed by atoms with Crippen molar-refractivity contribution in [1.82, 2.24) is 4.57 Å². The molecular weight excluding hydrogens is 409 g/mol.